The lowest BCUT2D eigenvalue weighted by Gasteiger charge is -2.02. The van der Waals surface area contributed by atoms with Gasteiger partial charge in [-0.2, -0.15) is 0 Å². The Morgan fingerprint density at radius 1 is 1.57 bits per heavy atom. The predicted octanol–water partition coefficient (Wildman–Crippen LogP) is 3.38. The van der Waals surface area contributed by atoms with Crippen molar-refractivity contribution >= 4 is 29.6 Å². The van der Waals surface area contributed by atoms with Gasteiger partial charge < -0.3 is 11.1 Å². The molecular weight excluding hydrogens is 216 g/mol. The van der Waals surface area contributed by atoms with Gasteiger partial charge in [0.1, 0.15) is 0 Å². The third-order valence-electron chi connectivity index (χ3n) is 1.33. The molecule has 0 saturated heterocycles. The molecule has 0 spiro atoms. The Balaban J connectivity index is 4.85. The fraction of sp³-hybridized carbons (Fsp3) is 0.100. The molecule has 0 fully saturated rings. The van der Waals surface area contributed by atoms with Crippen LogP contribution in [0.4, 0.5) is 0 Å². The van der Waals surface area contributed by atoms with Crippen molar-refractivity contribution in [2.75, 3.05) is 0 Å². The van der Waals surface area contributed by atoms with Crippen molar-refractivity contribution in [3.63, 3.8) is 0 Å². The minimum Gasteiger partial charge on any atom is -0.398 e. The van der Waals surface area contributed by atoms with Crippen molar-refractivity contribution in [2.24, 2.45) is 5.73 Å². The van der Waals surface area contributed by atoms with Crippen LogP contribution in [-0.4, -0.2) is 6.21 Å². The zero-order valence-corrected chi connectivity index (χ0v) is 9.53. The van der Waals surface area contributed by atoms with Gasteiger partial charge in [-0.3, -0.25) is 0 Å². The van der Waals surface area contributed by atoms with Crippen LogP contribution in [0.1, 0.15) is 6.92 Å². The highest BCUT2D eigenvalue weighted by Crippen LogP contribution is 2.18. The largest absolute Gasteiger partial charge is 0.398 e. The van der Waals surface area contributed by atoms with Crippen LogP contribution in [0.15, 0.2) is 45.8 Å². The van der Waals surface area contributed by atoms with E-state index in [9.17, 15) is 0 Å². The van der Waals surface area contributed by atoms with Crippen LogP contribution in [0, 0.1) is 5.41 Å². The van der Waals surface area contributed by atoms with Crippen molar-refractivity contribution in [3.8, 4) is 0 Å². The lowest BCUT2D eigenvalue weighted by Crippen LogP contribution is -1.99. The summed E-state index contributed by atoms with van der Waals surface area (Å²) in [7, 11) is 0. The Morgan fingerprint density at radius 2 is 2.21 bits per heavy atom. The first-order chi connectivity index (χ1) is 6.63. The molecule has 0 saturated carbocycles. The summed E-state index contributed by atoms with van der Waals surface area (Å²) in [5, 5.41) is 10.9. The third kappa shape index (κ3) is 4.94. The zero-order chi connectivity index (χ0) is 11.0. The van der Waals surface area contributed by atoms with Gasteiger partial charge in [0.25, 0.3) is 0 Å². The number of halogens is 1. The van der Waals surface area contributed by atoms with Crippen LogP contribution in [0.25, 0.3) is 0 Å². The first kappa shape index (κ1) is 13.1. The summed E-state index contributed by atoms with van der Waals surface area (Å²) in [5.41, 5.74) is 7.07. The molecule has 0 unspecified atom stereocenters. The topological polar surface area (TPSA) is 49.9 Å². The maximum absolute atomic E-state index is 6.86. The molecule has 0 aromatic rings. The molecule has 14 heavy (non-hydrogen) atoms. The van der Waals surface area contributed by atoms with E-state index in [0.717, 1.165) is 5.57 Å². The normalized spacial score (nSPS) is 14.0. The van der Waals surface area contributed by atoms with Crippen LogP contribution < -0.4 is 5.73 Å². The maximum Gasteiger partial charge on any atom is 0.0466 e. The summed E-state index contributed by atoms with van der Waals surface area (Å²) in [4.78, 5) is 0. The number of hydrogen-bond donors (Lipinski definition) is 2. The fourth-order valence-corrected chi connectivity index (χ4v) is 1.28. The number of rotatable bonds is 5. The molecule has 0 aliphatic rings. The minimum absolute atomic E-state index is 0.570. The maximum atomic E-state index is 6.86. The van der Waals surface area contributed by atoms with Crippen LogP contribution in [-0.2, 0) is 0 Å². The van der Waals surface area contributed by atoms with Crippen molar-refractivity contribution < 1.29 is 0 Å². The Hall–Kier alpha value is -0.930. The second-order valence-corrected chi connectivity index (χ2v) is 3.76. The molecule has 0 bridgehead atoms. The molecule has 0 radical (unpaired) electrons. The van der Waals surface area contributed by atoms with Crippen molar-refractivity contribution in [1.29, 1.82) is 5.41 Å². The van der Waals surface area contributed by atoms with Crippen molar-refractivity contribution in [1.82, 2.24) is 0 Å². The monoisotopic (exact) mass is 228 g/mol. The minimum atomic E-state index is 0.570. The standard InChI is InChI=1S/C10H13ClN2S/c1-3-14-7-10(13)9(8(2)11)5-4-6-12/h3-7,12H,1,13H2,2H3/b5-4-,9-8-,10-7-,12-6?. The molecule has 0 rings (SSSR count). The van der Waals surface area contributed by atoms with Crippen LogP contribution >= 0.6 is 23.4 Å². The number of hydrogen-bond acceptors (Lipinski definition) is 3. The molecule has 0 atom stereocenters. The molecule has 0 aliphatic heterocycles. The summed E-state index contributed by atoms with van der Waals surface area (Å²) in [6.45, 7) is 5.31. The summed E-state index contributed by atoms with van der Waals surface area (Å²) in [6, 6.07) is 0. The van der Waals surface area contributed by atoms with E-state index in [1.807, 2.05) is 0 Å². The van der Waals surface area contributed by atoms with Gasteiger partial charge in [-0.05, 0) is 23.8 Å². The Morgan fingerprint density at radius 3 is 2.64 bits per heavy atom. The van der Waals surface area contributed by atoms with Gasteiger partial charge >= 0.3 is 0 Å². The van der Waals surface area contributed by atoms with E-state index in [0.29, 0.717) is 10.7 Å². The lowest BCUT2D eigenvalue weighted by atomic mass is 10.2. The van der Waals surface area contributed by atoms with Crippen molar-refractivity contribution in [3.05, 3.63) is 45.8 Å². The van der Waals surface area contributed by atoms with E-state index in [1.54, 1.807) is 29.9 Å². The second kappa shape index (κ2) is 7.47. The Kier molecular flexibility index (Phi) is 6.98. The quantitative estimate of drug-likeness (QED) is 0.560. The molecule has 4 heteroatoms. The number of nitrogens with two attached hydrogens (primary N) is 1. The SMILES string of the molecule is C=CS/C=C(N)/C(/C=C\C=N)=C(/C)Cl. The third-order valence-corrected chi connectivity index (χ3v) is 2.12. The number of allylic oxidation sites excluding steroid dienone is 3. The van der Waals surface area contributed by atoms with Gasteiger partial charge in [0.15, 0.2) is 0 Å². The molecule has 76 valence electrons. The smallest absolute Gasteiger partial charge is 0.0466 e. The van der Waals surface area contributed by atoms with Gasteiger partial charge in [0.05, 0.1) is 0 Å². The first-order valence-corrected chi connectivity index (χ1v) is 5.21. The van der Waals surface area contributed by atoms with Crippen LogP contribution in [0.2, 0.25) is 0 Å². The van der Waals surface area contributed by atoms with E-state index in [1.165, 1.54) is 18.0 Å². The molecular formula is C10H13ClN2S. The van der Waals surface area contributed by atoms with E-state index in [-0.39, 0.29) is 0 Å². The zero-order valence-electron chi connectivity index (χ0n) is 7.96. The summed E-state index contributed by atoms with van der Waals surface area (Å²) in [5.74, 6) is 0. The van der Waals surface area contributed by atoms with Crippen LogP contribution in [0.3, 0.4) is 0 Å². The average molecular weight is 229 g/mol. The van der Waals surface area contributed by atoms with Gasteiger partial charge in [0, 0.05) is 22.5 Å². The highest BCUT2D eigenvalue weighted by Gasteiger charge is 1.99. The molecule has 0 aromatic carbocycles. The van der Waals surface area contributed by atoms with E-state index in [2.05, 4.69) is 6.58 Å². The van der Waals surface area contributed by atoms with Crippen molar-refractivity contribution in [2.45, 2.75) is 6.92 Å². The molecule has 0 aromatic heterocycles. The fourth-order valence-electron chi connectivity index (χ4n) is 0.739. The van der Waals surface area contributed by atoms with Gasteiger partial charge in [0.2, 0.25) is 0 Å². The Labute approximate surface area is 93.7 Å². The predicted molar refractivity (Wildman–Crippen MR) is 66.5 cm³/mol. The van der Waals surface area contributed by atoms with E-state index in [4.69, 9.17) is 22.7 Å². The molecule has 2 nitrogen and oxygen atoms in total. The summed E-state index contributed by atoms with van der Waals surface area (Å²) < 4.78 is 0. The van der Waals surface area contributed by atoms with Gasteiger partial charge in [-0.1, -0.05) is 24.3 Å². The highest BCUT2D eigenvalue weighted by molar-refractivity contribution is 8.04. The first-order valence-electron chi connectivity index (χ1n) is 3.89. The van der Waals surface area contributed by atoms with Gasteiger partial charge in [-0.15, -0.1) is 11.8 Å². The van der Waals surface area contributed by atoms with Crippen LogP contribution in [0.5, 0.6) is 0 Å². The molecule has 0 aliphatic carbocycles. The van der Waals surface area contributed by atoms with Gasteiger partial charge in [-0.25, -0.2) is 0 Å². The summed E-state index contributed by atoms with van der Waals surface area (Å²) >= 11 is 7.24. The lowest BCUT2D eigenvalue weighted by molar-refractivity contribution is 1.34. The second-order valence-electron chi connectivity index (χ2n) is 2.35. The highest BCUT2D eigenvalue weighted by atomic mass is 35.5. The average Bonchev–Trinajstić information content (AvgIpc) is 2.14. The molecule has 0 amide bonds. The number of thioether (sulfide) groups is 1. The summed E-state index contributed by atoms with van der Waals surface area (Å²) in [6.07, 6.45) is 4.44. The number of nitrogens with one attached hydrogen (secondary N) is 1. The van der Waals surface area contributed by atoms with E-state index < -0.39 is 0 Å². The Bertz CT molecular complexity index is 299. The molecule has 3 N–H and O–H groups in total. The molecule has 0 heterocycles. The van der Waals surface area contributed by atoms with E-state index >= 15 is 0 Å².